The van der Waals surface area contributed by atoms with Crippen LogP contribution in [0.5, 0.6) is 5.75 Å². The molecule has 1 heterocycles. The van der Waals surface area contributed by atoms with Crippen molar-refractivity contribution in [1.82, 2.24) is 10.4 Å². The number of carbonyl (C=O) groups is 1. The molecule has 2 rings (SSSR count). The highest BCUT2D eigenvalue weighted by molar-refractivity contribution is 5.98. The Bertz CT molecular complexity index is 629. The Labute approximate surface area is 111 Å². The Hall–Kier alpha value is -2.30. The van der Waals surface area contributed by atoms with Crippen LogP contribution in [0.4, 0.5) is 0 Å². The number of H-pyrrole nitrogens is 1. The zero-order chi connectivity index (χ0) is 13.8. The van der Waals surface area contributed by atoms with Gasteiger partial charge in [0.25, 0.3) is 5.91 Å². The molecule has 0 unspecified atom stereocenters. The highest BCUT2D eigenvalue weighted by atomic mass is 16.5. The molecule has 5 heteroatoms. The van der Waals surface area contributed by atoms with Gasteiger partial charge in [0.2, 0.25) is 0 Å². The highest BCUT2D eigenvalue weighted by Crippen LogP contribution is 2.21. The fourth-order valence-corrected chi connectivity index (χ4v) is 1.65. The van der Waals surface area contributed by atoms with E-state index < -0.39 is 0 Å². The number of rotatable bonds is 4. The maximum absolute atomic E-state index is 11.9. The molecule has 0 aliphatic rings. The number of hydrogen-bond donors (Lipinski definition) is 2. The predicted molar refractivity (Wildman–Crippen MR) is 75.7 cm³/mol. The molecule has 0 aliphatic heterocycles. The first-order chi connectivity index (χ1) is 9.13. The van der Waals surface area contributed by atoms with Crippen molar-refractivity contribution in [3.05, 3.63) is 30.0 Å². The molecule has 0 bridgehead atoms. The summed E-state index contributed by atoms with van der Waals surface area (Å²) in [6.07, 6.45) is 0.810. The minimum Gasteiger partial charge on any atom is -0.497 e. The SMILES string of the molecule is CCC(C)=NNC(=O)c1cc2cc(OC)ccc2[nH]1. The summed E-state index contributed by atoms with van der Waals surface area (Å²) in [5, 5.41) is 4.93. The van der Waals surface area contributed by atoms with Crippen molar-refractivity contribution < 1.29 is 9.53 Å². The van der Waals surface area contributed by atoms with Crippen molar-refractivity contribution in [3.8, 4) is 5.75 Å². The normalized spacial score (nSPS) is 11.6. The van der Waals surface area contributed by atoms with Crippen LogP contribution >= 0.6 is 0 Å². The summed E-state index contributed by atoms with van der Waals surface area (Å²) in [6.45, 7) is 3.86. The van der Waals surface area contributed by atoms with Crippen LogP contribution in [0.1, 0.15) is 30.8 Å². The van der Waals surface area contributed by atoms with Crippen molar-refractivity contribution in [2.75, 3.05) is 7.11 Å². The van der Waals surface area contributed by atoms with Gasteiger partial charge < -0.3 is 9.72 Å². The smallest absolute Gasteiger partial charge is 0.287 e. The summed E-state index contributed by atoms with van der Waals surface area (Å²) >= 11 is 0. The lowest BCUT2D eigenvalue weighted by atomic mass is 10.2. The van der Waals surface area contributed by atoms with Crippen molar-refractivity contribution in [3.63, 3.8) is 0 Å². The quantitative estimate of drug-likeness (QED) is 0.655. The average molecular weight is 259 g/mol. The molecule has 0 atom stereocenters. The second kappa shape index (κ2) is 5.56. The minimum absolute atomic E-state index is 0.247. The molecule has 0 aliphatic carbocycles. The van der Waals surface area contributed by atoms with Crippen molar-refractivity contribution in [2.45, 2.75) is 20.3 Å². The van der Waals surface area contributed by atoms with Gasteiger partial charge in [-0.1, -0.05) is 6.92 Å². The van der Waals surface area contributed by atoms with E-state index in [0.717, 1.165) is 28.8 Å². The van der Waals surface area contributed by atoms with Gasteiger partial charge in [0.1, 0.15) is 11.4 Å². The number of nitrogens with zero attached hydrogens (tertiary/aromatic N) is 1. The highest BCUT2D eigenvalue weighted by Gasteiger charge is 2.09. The maximum atomic E-state index is 11.9. The summed E-state index contributed by atoms with van der Waals surface area (Å²) in [5.41, 5.74) is 4.78. The van der Waals surface area contributed by atoms with Gasteiger partial charge >= 0.3 is 0 Å². The van der Waals surface area contributed by atoms with Crippen LogP contribution in [0, 0.1) is 0 Å². The molecular weight excluding hydrogens is 242 g/mol. The molecule has 2 N–H and O–H groups in total. The summed E-state index contributed by atoms with van der Waals surface area (Å²) in [7, 11) is 1.61. The lowest BCUT2D eigenvalue weighted by Gasteiger charge is -1.98. The molecule has 0 spiro atoms. The van der Waals surface area contributed by atoms with Crippen molar-refractivity contribution in [2.24, 2.45) is 5.10 Å². The number of ether oxygens (including phenoxy) is 1. The van der Waals surface area contributed by atoms with E-state index in [1.165, 1.54) is 0 Å². The molecule has 1 aromatic heterocycles. The van der Waals surface area contributed by atoms with Crippen LogP contribution in [-0.4, -0.2) is 23.7 Å². The third-order valence-corrected chi connectivity index (χ3v) is 2.93. The molecular formula is C14H17N3O2. The number of carbonyl (C=O) groups excluding carboxylic acids is 1. The van der Waals surface area contributed by atoms with Crippen molar-refractivity contribution >= 4 is 22.5 Å². The van der Waals surface area contributed by atoms with Gasteiger partial charge in [0, 0.05) is 16.6 Å². The van der Waals surface area contributed by atoms with E-state index in [1.54, 1.807) is 13.2 Å². The summed E-state index contributed by atoms with van der Waals surface area (Å²) in [4.78, 5) is 15.0. The van der Waals surface area contributed by atoms with E-state index in [2.05, 4.69) is 15.5 Å². The Morgan fingerprint density at radius 1 is 1.42 bits per heavy atom. The molecule has 5 nitrogen and oxygen atoms in total. The van der Waals surface area contributed by atoms with Crippen LogP contribution < -0.4 is 10.2 Å². The van der Waals surface area contributed by atoms with Crippen LogP contribution in [0.2, 0.25) is 0 Å². The largest absolute Gasteiger partial charge is 0.497 e. The number of amides is 1. The summed E-state index contributed by atoms with van der Waals surface area (Å²) < 4.78 is 5.15. The van der Waals surface area contributed by atoms with E-state index in [-0.39, 0.29) is 5.91 Å². The lowest BCUT2D eigenvalue weighted by Crippen LogP contribution is -2.19. The third-order valence-electron chi connectivity index (χ3n) is 2.93. The first-order valence-electron chi connectivity index (χ1n) is 6.14. The maximum Gasteiger partial charge on any atom is 0.287 e. The standard InChI is InChI=1S/C14H17N3O2/c1-4-9(2)16-17-14(18)13-8-10-7-11(19-3)5-6-12(10)15-13/h5-8,15H,4H2,1-3H3,(H,17,18). The Kier molecular flexibility index (Phi) is 3.85. The predicted octanol–water partition coefficient (Wildman–Crippen LogP) is 2.69. The van der Waals surface area contributed by atoms with E-state index in [9.17, 15) is 4.79 Å². The van der Waals surface area contributed by atoms with E-state index >= 15 is 0 Å². The monoisotopic (exact) mass is 259 g/mol. The zero-order valence-corrected chi connectivity index (χ0v) is 11.3. The molecule has 19 heavy (non-hydrogen) atoms. The van der Waals surface area contributed by atoms with Crippen LogP contribution in [0.15, 0.2) is 29.4 Å². The van der Waals surface area contributed by atoms with Crippen molar-refractivity contribution in [1.29, 1.82) is 0 Å². The lowest BCUT2D eigenvalue weighted by molar-refractivity contribution is 0.0950. The number of hydrazone groups is 1. The van der Waals surface area contributed by atoms with E-state index in [0.29, 0.717) is 5.69 Å². The molecule has 0 fully saturated rings. The number of fused-ring (bicyclic) bond motifs is 1. The fourth-order valence-electron chi connectivity index (χ4n) is 1.65. The van der Waals surface area contributed by atoms with E-state index in [1.807, 2.05) is 32.0 Å². The Balaban J connectivity index is 2.23. The topological polar surface area (TPSA) is 66.5 Å². The van der Waals surface area contributed by atoms with Gasteiger partial charge in [-0.05, 0) is 37.6 Å². The number of aromatic amines is 1. The van der Waals surface area contributed by atoms with E-state index in [4.69, 9.17) is 4.74 Å². The van der Waals surface area contributed by atoms with Crippen LogP contribution in [0.25, 0.3) is 10.9 Å². The zero-order valence-electron chi connectivity index (χ0n) is 11.3. The van der Waals surface area contributed by atoms with Gasteiger partial charge in [-0.25, -0.2) is 5.43 Å². The first-order valence-corrected chi connectivity index (χ1v) is 6.14. The summed E-state index contributed by atoms with van der Waals surface area (Å²) in [6, 6.07) is 7.39. The summed E-state index contributed by atoms with van der Waals surface area (Å²) in [5.74, 6) is 0.515. The van der Waals surface area contributed by atoms with Gasteiger partial charge in [-0.3, -0.25) is 4.79 Å². The number of aromatic nitrogens is 1. The van der Waals surface area contributed by atoms with Gasteiger partial charge in [0.15, 0.2) is 0 Å². The van der Waals surface area contributed by atoms with Gasteiger partial charge in [-0.2, -0.15) is 5.10 Å². The minimum atomic E-state index is -0.247. The molecule has 1 amide bonds. The number of nitrogens with one attached hydrogen (secondary N) is 2. The number of hydrogen-bond acceptors (Lipinski definition) is 3. The van der Waals surface area contributed by atoms with Gasteiger partial charge in [-0.15, -0.1) is 0 Å². The average Bonchev–Trinajstić information content (AvgIpc) is 2.86. The second-order valence-corrected chi connectivity index (χ2v) is 4.28. The Morgan fingerprint density at radius 2 is 2.21 bits per heavy atom. The molecule has 0 saturated carbocycles. The second-order valence-electron chi connectivity index (χ2n) is 4.28. The Morgan fingerprint density at radius 3 is 2.89 bits per heavy atom. The molecule has 0 radical (unpaired) electrons. The molecule has 1 aromatic carbocycles. The molecule has 0 saturated heterocycles. The first kappa shape index (κ1) is 13.1. The van der Waals surface area contributed by atoms with Crippen LogP contribution in [0.3, 0.4) is 0 Å². The van der Waals surface area contributed by atoms with Crippen LogP contribution in [-0.2, 0) is 0 Å². The third kappa shape index (κ3) is 2.93. The number of methoxy groups -OCH3 is 1. The molecule has 2 aromatic rings. The number of benzene rings is 1. The molecule has 100 valence electrons. The fraction of sp³-hybridized carbons (Fsp3) is 0.286. The van der Waals surface area contributed by atoms with Gasteiger partial charge in [0.05, 0.1) is 7.11 Å².